The largest absolute Gasteiger partial charge is 0.493 e. The molecule has 0 bridgehead atoms. The van der Waals surface area contributed by atoms with Gasteiger partial charge >= 0.3 is 0 Å². The van der Waals surface area contributed by atoms with E-state index in [2.05, 4.69) is 17.1 Å². The van der Waals surface area contributed by atoms with Crippen molar-refractivity contribution in [1.82, 2.24) is 9.97 Å². The molecule has 4 aromatic rings. The maximum absolute atomic E-state index is 5.98. The van der Waals surface area contributed by atoms with Crippen molar-refractivity contribution >= 4 is 22.5 Å². The number of hydrogen-bond acceptors (Lipinski definition) is 7. The van der Waals surface area contributed by atoms with Gasteiger partial charge in [0.1, 0.15) is 0 Å². The molecule has 33 heavy (non-hydrogen) atoms. The Bertz CT molecular complexity index is 1310. The molecule has 0 aliphatic carbocycles. The molecule has 0 saturated carbocycles. The second-order valence-corrected chi connectivity index (χ2v) is 7.40. The number of methoxy groups -OCH3 is 2. The Kier molecular flexibility index (Phi) is 5.68. The van der Waals surface area contributed by atoms with Gasteiger partial charge in [-0.1, -0.05) is 48.5 Å². The topological polar surface area (TPSA) is 65.9 Å². The molecule has 0 radical (unpaired) electrons. The second-order valence-electron chi connectivity index (χ2n) is 7.40. The molecule has 7 nitrogen and oxygen atoms in total. The summed E-state index contributed by atoms with van der Waals surface area (Å²) in [5, 5.41) is 0.954. The Morgan fingerprint density at radius 2 is 1.67 bits per heavy atom. The van der Waals surface area contributed by atoms with Crippen LogP contribution in [0.25, 0.3) is 10.9 Å². The molecule has 0 atom stereocenters. The van der Waals surface area contributed by atoms with Crippen molar-refractivity contribution in [3.05, 3.63) is 96.2 Å². The van der Waals surface area contributed by atoms with Crippen LogP contribution in [0.3, 0.4) is 0 Å². The first kappa shape index (κ1) is 20.6. The normalized spacial score (nSPS) is 12.9. The minimum absolute atomic E-state index is 0.120. The smallest absolute Gasteiger partial charge is 0.243 e. The van der Waals surface area contributed by atoms with Gasteiger partial charge in [0.2, 0.25) is 18.6 Å². The van der Waals surface area contributed by atoms with Crippen molar-refractivity contribution in [2.75, 3.05) is 25.9 Å². The third-order valence-electron chi connectivity index (χ3n) is 5.38. The Labute approximate surface area is 191 Å². The fourth-order valence-corrected chi connectivity index (χ4v) is 3.75. The molecule has 5 rings (SSSR count). The van der Waals surface area contributed by atoms with Gasteiger partial charge in [-0.15, -0.1) is 0 Å². The van der Waals surface area contributed by atoms with Gasteiger partial charge in [-0.2, -0.15) is 0 Å². The van der Waals surface area contributed by atoms with Gasteiger partial charge in [0.15, 0.2) is 17.3 Å². The minimum Gasteiger partial charge on any atom is -0.493 e. The number of para-hydroxylation sites is 1. The van der Waals surface area contributed by atoms with E-state index in [1.807, 2.05) is 65.6 Å². The van der Waals surface area contributed by atoms with Gasteiger partial charge in [-0.25, -0.2) is 14.9 Å². The van der Waals surface area contributed by atoms with E-state index in [1.165, 1.54) is 0 Å². The minimum atomic E-state index is 0.120. The van der Waals surface area contributed by atoms with Gasteiger partial charge < -0.3 is 18.9 Å². The van der Waals surface area contributed by atoms with Gasteiger partial charge in [-0.3, -0.25) is 0 Å². The van der Waals surface area contributed by atoms with Crippen molar-refractivity contribution in [1.29, 1.82) is 0 Å². The molecule has 0 spiro atoms. The predicted octanol–water partition coefficient (Wildman–Crippen LogP) is 5.20. The van der Waals surface area contributed by atoms with E-state index in [1.54, 1.807) is 20.4 Å². The van der Waals surface area contributed by atoms with Crippen LogP contribution in [-0.2, 0) is 15.9 Å². The number of aromatic nitrogens is 2. The molecule has 0 amide bonds. The summed E-state index contributed by atoms with van der Waals surface area (Å²) in [6.07, 6.45) is 2.38. The van der Waals surface area contributed by atoms with E-state index >= 15 is 0 Å². The van der Waals surface area contributed by atoms with Crippen LogP contribution >= 0.6 is 0 Å². The number of rotatable bonds is 7. The van der Waals surface area contributed by atoms with Crippen LogP contribution in [0.4, 0.5) is 11.6 Å². The molecule has 0 saturated heterocycles. The van der Waals surface area contributed by atoms with Gasteiger partial charge in [0.25, 0.3) is 0 Å². The van der Waals surface area contributed by atoms with Crippen LogP contribution in [-0.4, -0.2) is 31.0 Å². The average molecular weight is 441 g/mol. The number of anilines is 2. The molecule has 7 heteroatoms. The number of nitrogens with zero attached hydrogens (tertiary/aromatic N) is 3. The van der Waals surface area contributed by atoms with Crippen LogP contribution in [0.15, 0.2) is 90.6 Å². The first-order chi connectivity index (χ1) is 16.3. The number of hydrogen-bond donors (Lipinski definition) is 0. The molecule has 1 aromatic heterocycles. The van der Waals surface area contributed by atoms with E-state index < -0.39 is 0 Å². The molecule has 0 fully saturated rings. The van der Waals surface area contributed by atoms with Crippen LogP contribution in [0.2, 0.25) is 0 Å². The second kappa shape index (κ2) is 9.08. The lowest BCUT2D eigenvalue weighted by Crippen LogP contribution is -2.21. The first-order valence-corrected chi connectivity index (χ1v) is 10.5. The maximum atomic E-state index is 5.98. The Morgan fingerprint density at radius 3 is 2.48 bits per heavy atom. The van der Waals surface area contributed by atoms with Crippen LogP contribution in [0.5, 0.6) is 11.5 Å². The van der Waals surface area contributed by atoms with Crippen LogP contribution < -0.4 is 14.4 Å². The van der Waals surface area contributed by atoms with E-state index in [9.17, 15) is 0 Å². The summed E-state index contributed by atoms with van der Waals surface area (Å²) < 4.78 is 22.8. The first-order valence-electron chi connectivity index (χ1n) is 10.5. The summed E-state index contributed by atoms with van der Waals surface area (Å²) >= 11 is 0. The number of allylic oxidation sites excluding steroid dienone is 1. The summed E-state index contributed by atoms with van der Waals surface area (Å²) in [6, 6.07) is 23.6. The molecule has 0 N–H and O–H groups in total. The van der Waals surface area contributed by atoms with Gasteiger partial charge in [0, 0.05) is 24.1 Å². The van der Waals surface area contributed by atoms with Crippen LogP contribution in [0.1, 0.15) is 5.56 Å². The van der Waals surface area contributed by atoms with Crippen LogP contribution in [0, 0.1) is 0 Å². The number of fused-ring (bicyclic) bond motifs is 1. The van der Waals surface area contributed by atoms with Crippen molar-refractivity contribution in [3.63, 3.8) is 0 Å². The highest BCUT2D eigenvalue weighted by molar-refractivity contribution is 5.79. The van der Waals surface area contributed by atoms with E-state index in [0.29, 0.717) is 35.5 Å². The predicted molar refractivity (Wildman–Crippen MR) is 125 cm³/mol. The molecule has 166 valence electrons. The van der Waals surface area contributed by atoms with Gasteiger partial charge in [0.05, 0.1) is 25.4 Å². The SMILES string of the molecule is COc1ccc(N(C2=C(Cc3ccccc3)OCO2)c2ncc3ccccc3n2)cc1OC. The zero-order valence-corrected chi connectivity index (χ0v) is 18.4. The third kappa shape index (κ3) is 4.13. The Morgan fingerprint density at radius 1 is 0.879 bits per heavy atom. The van der Waals surface area contributed by atoms with Crippen molar-refractivity contribution in [3.8, 4) is 11.5 Å². The third-order valence-corrected chi connectivity index (χ3v) is 5.38. The molecule has 1 aliphatic heterocycles. The standard InChI is InChI=1S/C26H23N3O4/c1-30-22-13-12-20(15-23(22)31-2)29(26-27-16-19-10-6-7-11-21(19)28-26)25-24(32-17-33-25)14-18-8-4-3-5-9-18/h3-13,15-16H,14,17H2,1-2H3. The highest BCUT2D eigenvalue weighted by Gasteiger charge is 2.29. The molecule has 2 heterocycles. The Balaban J connectivity index is 1.65. The lowest BCUT2D eigenvalue weighted by Gasteiger charge is -2.24. The summed E-state index contributed by atoms with van der Waals surface area (Å²) in [4.78, 5) is 11.3. The van der Waals surface area contributed by atoms with Crippen molar-refractivity contribution in [2.45, 2.75) is 6.42 Å². The zero-order chi connectivity index (χ0) is 22.6. The Hall–Kier alpha value is -4.26. The molecular formula is C26H23N3O4. The fraction of sp³-hybridized carbons (Fsp3) is 0.154. The van der Waals surface area contributed by atoms with Crippen molar-refractivity contribution in [2.24, 2.45) is 0 Å². The fourth-order valence-electron chi connectivity index (χ4n) is 3.75. The monoisotopic (exact) mass is 441 g/mol. The maximum Gasteiger partial charge on any atom is 0.243 e. The van der Waals surface area contributed by atoms with E-state index in [-0.39, 0.29) is 6.79 Å². The van der Waals surface area contributed by atoms with Gasteiger partial charge in [-0.05, 0) is 23.8 Å². The number of benzene rings is 3. The lowest BCUT2D eigenvalue weighted by atomic mass is 10.1. The molecule has 1 aliphatic rings. The highest BCUT2D eigenvalue weighted by Crippen LogP contribution is 2.38. The molecule has 0 unspecified atom stereocenters. The average Bonchev–Trinajstić information content (AvgIpc) is 3.32. The summed E-state index contributed by atoms with van der Waals surface area (Å²) in [7, 11) is 3.21. The quantitative estimate of drug-likeness (QED) is 0.390. The molecular weight excluding hydrogens is 418 g/mol. The van der Waals surface area contributed by atoms with E-state index in [0.717, 1.165) is 22.2 Å². The summed E-state index contributed by atoms with van der Waals surface area (Å²) in [5.74, 6) is 2.92. The zero-order valence-electron chi connectivity index (χ0n) is 18.4. The summed E-state index contributed by atoms with van der Waals surface area (Å²) in [5.41, 5.74) is 2.70. The van der Waals surface area contributed by atoms with Crippen molar-refractivity contribution < 1.29 is 18.9 Å². The van der Waals surface area contributed by atoms with E-state index in [4.69, 9.17) is 23.9 Å². The lowest BCUT2D eigenvalue weighted by molar-refractivity contribution is 0.0692. The number of ether oxygens (including phenoxy) is 4. The molecule has 3 aromatic carbocycles. The summed E-state index contributed by atoms with van der Waals surface area (Å²) in [6.45, 7) is 0.120. The highest BCUT2D eigenvalue weighted by atomic mass is 16.7.